The molecular formula is C5H21N3O12. The first-order chi connectivity index (χ1) is 9.20. The zero-order valence-corrected chi connectivity index (χ0v) is 11.5. The van der Waals surface area contributed by atoms with Crippen molar-refractivity contribution < 1.29 is 46.2 Å². The van der Waals surface area contributed by atoms with Gasteiger partial charge in [0.1, 0.15) is 0 Å². The highest BCUT2D eigenvalue weighted by Crippen LogP contribution is 1.39. The number of nitrogens with zero attached hydrogens (tertiary/aromatic N) is 3. The van der Waals surface area contributed by atoms with E-state index in [1.54, 1.807) is 0 Å². The van der Waals surface area contributed by atoms with E-state index in [0.717, 1.165) is 21.3 Å². The largest absolute Gasteiger partial charge is 0.400 e. The molecule has 6 N–H and O–H groups in total. The lowest BCUT2D eigenvalue weighted by atomic mass is 11.0. The maximum absolute atomic E-state index is 8.36. The SMILES string of the molecule is CC.CO.CO.CO.O=[N+]([O-])O.O=[N+]([O-])O.O=[N+]([O-])O. The van der Waals surface area contributed by atoms with Crippen molar-refractivity contribution in [3.05, 3.63) is 30.3 Å². The molecule has 0 saturated carbocycles. The molecule has 0 fully saturated rings. The Morgan fingerprint density at radius 2 is 0.550 bits per heavy atom. The van der Waals surface area contributed by atoms with Crippen molar-refractivity contribution in [2.24, 2.45) is 0 Å². The third kappa shape index (κ3) is 511. The maximum atomic E-state index is 8.36. The van der Waals surface area contributed by atoms with E-state index in [2.05, 4.69) is 0 Å². The molecule has 0 aromatic rings. The minimum absolute atomic E-state index is 1.00. The zero-order valence-electron chi connectivity index (χ0n) is 11.5. The zero-order chi connectivity index (χ0) is 18.7. The first kappa shape index (κ1) is 43.2. The van der Waals surface area contributed by atoms with Crippen molar-refractivity contribution in [1.82, 2.24) is 0 Å². The summed E-state index contributed by atoms with van der Waals surface area (Å²) in [5, 5.41) is 61.9. The van der Waals surface area contributed by atoms with Crippen LogP contribution in [0.5, 0.6) is 0 Å². The van der Waals surface area contributed by atoms with Gasteiger partial charge in [0, 0.05) is 21.3 Å². The highest BCUT2D eigenvalue weighted by Gasteiger charge is 1.66. The summed E-state index contributed by atoms with van der Waals surface area (Å²) < 4.78 is 0. The van der Waals surface area contributed by atoms with Crippen molar-refractivity contribution in [3.8, 4) is 0 Å². The highest BCUT2D eigenvalue weighted by atomic mass is 16.9. The number of aliphatic hydroxyl groups excluding tert-OH is 3. The van der Waals surface area contributed by atoms with E-state index in [0.29, 0.717) is 0 Å². The van der Waals surface area contributed by atoms with E-state index in [1.165, 1.54) is 0 Å². The van der Waals surface area contributed by atoms with E-state index in [9.17, 15) is 0 Å². The highest BCUT2D eigenvalue weighted by molar-refractivity contribution is 3.84. The molecule has 0 spiro atoms. The molecule has 0 aromatic heterocycles. The third-order valence-corrected chi connectivity index (χ3v) is 0. The molecule has 128 valence electrons. The molecule has 0 bridgehead atoms. The van der Waals surface area contributed by atoms with Gasteiger partial charge >= 0.3 is 0 Å². The lowest BCUT2D eigenvalue weighted by Gasteiger charge is -1.56. The van der Waals surface area contributed by atoms with E-state index in [-0.39, 0.29) is 0 Å². The fraction of sp³-hybridized carbons (Fsp3) is 1.00. The Kier molecular flexibility index (Phi) is 203. The molecule has 0 rings (SSSR count). The second kappa shape index (κ2) is 94.0. The molecule has 0 atom stereocenters. The van der Waals surface area contributed by atoms with Gasteiger partial charge in [0.05, 0.1) is 0 Å². The number of hydrogen-bond acceptors (Lipinski definition) is 9. The van der Waals surface area contributed by atoms with Crippen LogP contribution in [-0.2, 0) is 0 Å². The molecule has 0 radical (unpaired) electrons. The van der Waals surface area contributed by atoms with Crippen LogP contribution in [0.2, 0.25) is 0 Å². The monoisotopic (exact) mass is 315 g/mol. The summed E-state index contributed by atoms with van der Waals surface area (Å²) in [6.07, 6.45) is 0. The quantitative estimate of drug-likeness (QED) is 0.228. The summed E-state index contributed by atoms with van der Waals surface area (Å²) in [6.45, 7) is 4.00. The number of hydrogen-bond donors (Lipinski definition) is 6. The molecule has 0 aliphatic heterocycles. The van der Waals surface area contributed by atoms with E-state index < -0.39 is 15.3 Å². The minimum Gasteiger partial charge on any atom is -0.400 e. The van der Waals surface area contributed by atoms with Gasteiger partial charge in [-0.1, -0.05) is 13.8 Å². The summed E-state index contributed by atoms with van der Waals surface area (Å²) >= 11 is 0. The third-order valence-electron chi connectivity index (χ3n) is 0. The fourth-order valence-electron chi connectivity index (χ4n) is 0. The second-order valence-electron chi connectivity index (χ2n) is 0.714. The Bertz CT molecular complexity index is 125. The van der Waals surface area contributed by atoms with Crippen LogP contribution in [0.25, 0.3) is 0 Å². The molecule has 15 nitrogen and oxygen atoms in total. The first-order valence-corrected chi connectivity index (χ1v) is 4.04. The summed E-state index contributed by atoms with van der Waals surface area (Å²) in [5.74, 6) is 0. The average molecular weight is 315 g/mol. The summed E-state index contributed by atoms with van der Waals surface area (Å²) in [6, 6.07) is 0. The smallest absolute Gasteiger partial charge is 0.291 e. The van der Waals surface area contributed by atoms with Crippen LogP contribution in [0.3, 0.4) is 0 Å². The van der Waals surface area contributed by atoms with Gasteiger partial charge in [0.15, 0.2) is 0 Å². The van der Waals surface area contributed by atoms with Crippen LogP contribution in [0.15, 0.2) is 0 Å². The summed E-state index contributed by atoms with van der Waals surface area (Å²) in [5.41, 5.74) is 0. The van der Waals surface area contributed by atoms with Gasteiger partial charge in [-0.25, -0.2) is 0 Å². The van der Waals surface area contributed by atoms with Gasteiger partial charge in [-0.05, 0) is 0 Å². The molecule has 0 saturated heterocycles. The summed E-state index contributed by atoms with van der Waals surface area (Å²) in [4.78, 5) is 25.1. The van der Waals surface area contributed by atoms with Crippen molar-refractivity contribution in [2.75, 3.05) is 21.3 Å². The van der Waals surface area contributed by atoms with Crippen LogP contribution in [0, 0.1) is 30.3 Å². The lowest BCUT2D eigenvalue weighted by Crippen LogP contribution is -1.81. The van der Waals surface area contributed by atoms with Crippen LogP contribution in [0.4, 0.5) is 0 Å². The van der Waals surface area contributed by atoms with Crippen molar-refractivity contribution in [1.29, 1.82) is 0 Å². The molecule has 0 amide bonds. The van der Waals surface area contributed by atoms with Gasteiger partial charge in [-0.15, -0.1) is 30.3 Å². The molecule has 0 aromatic carbocycles. The number of aliphatic hydroxyl groups is 3. The van der Waals surface area contributed by atoms with Crippen molar-refractivity contribution in [2.45, 2.75) is 13.8 Å². The number of rotatable bonds is 0. The predicted molar refractivity (Wildman–Crippen MR) is 62.1 cm³/mol. The Balaban J connectivity index is -0.0000000204. The van der Waals surface area contributed by atoms with E-state index >= 15 is 0 Å². The Labute approximate surface area is 113 Å². The van der Waals surface area contributed by atoms with E-state index in [1.807, 2.05) is 13.8 Å². The van der Waals surface area contributed by atoms with E-state index in [4.69, 9.17) is 61.3 Å². The Hall–Kier alpha value is -2.52. The van der Waals surface area contributed by atoms with Crippen LogP contribution in [0.1, 0.15) is 13.8 Å². The van der Waals surface area contributed by atoms with Crippen LogP contribution in [-0.4, -0.2) is 67.5 Å². The average Bonchev–Trinajstić information content (AvgIpc) is 2.36. The van der Waals surface area contributed by atoms with Gasteiger partial charge in [0.2, 0.25) is 0 Å². The summed E-state index contributed by atoms with van der Waals surface area (Å²) in [7, 11) is 3.00. The standard InChI is InChI=1S/C2H6.3CH4O.3HNO3/c4*1-2;3*2-1(3)4/h1-2H3;3*2H,1H3;3*(H,2,3,4). The van der Waals surface area contributed by atoms with Gasteiger partial charge < -0.3 is 30.9 Å². The topological polar surface area (TPSA) is 251 Å². The van der Waals surface area contributed by atoms with Gasteiger partial charge in [-0.3, -0.25) is 0 Å². The normalized spacial score (nSPS) is 4.80. The second-order valence-corrected chi connectivity index (χ2v) is 0.714. The molecular weight excluding hydrogens is 294 g/mol. The molecule has 0 unspecified atom stereocenters. The van der Waals surface area contributed by atoms with Gasteiger partial charge in [-0.2, -0.15) is 0 Å². The van der Waals surface area contributed by atoms with Gasteiger partial charge in [0.25, 0.3) is 15.3 Å². The minimum atomic E-state index is -1.50. The fourth-order valence-corrected chi connectivity index (χ4v) is 0. The molecule has 15 heteroatoms. The maximum Gasteiger partial charge on any atom is 0.291 e. The molecule has 0 aliphatic rings. The van der Waals surface area contributed by atoms with Crippen molar-refractivity contribution >= 4 is 0 Å². The lowest BCUT2D eigenvalue weighted by molar-refractivity contribution is -0.742. The molecule has 0 heterocycles. The first-order valence-electron chi connectivity index (χ1n) is 4.04. The van der Waals surface area contributed by atoms with Crippen molar-refractivity contribution in [3.63, 3.8) is 0 Å². The van der Waals surface area contributed by atoms with Crippen LogP contribution < -0.4 is 0 Å². The van der Waals surface area contributed by atoms with Crippen LogP contribution >= 0.6 is 0 Å². The predicted octanol–water partition coefficient (Wildman–Crippen LogP) is -1.19. The molecule has 0 aliphatic carbocycles. The Morgan fingerprint density at radius 1 is 0.550 bits per heavy atom. The molecule has 20 heavy (non-hydrogen) atoms. The Morgan fingerprint density at radius 3 is 0.550 bits per heavy atom.